The molecular formula is C27H24ClN3O4. The number of halogens is 1. The maximum absolute atomic E-state index is 13.0. The quantitative estimate of drug-likeness (QED) is 0.292. The van der Waals surface area contributed by atoms with Crippen molar-refractivity contribution in [3.8, 4) is 0 Å². The number of aromatic nitrogens is 2. The second-order valence-electron chi connectivity index (χ2n) is 7.96. The van der Waals surface area contributed by atoms with Gasteiger partial charge in [-0.3, -0.25) is 24.5 Å². The Hall–Kier alpha value is -3.94. The van der Waals surface area contributed by atoms with Crippen LogP contribution in [0.3, 0.4) is 0 Å². The summed E-state index contributed by atoms with van der Waals surface area (Å²) < 4.78 is 6.29. The van der Waals surface area contributed by atoms with E-state index in [2.05, 4.69) is 10.3 Å². The SMILES string of the molecule is COC(=O)[C@H](Cn1cc(Cl)c(=O)[nH]c1=O)NC(c1ccccc1)(c1ccccc1)c1ccccc1. The average molecular weight is 490 g/mol. The van der Waals surface area contributed by atoms with Crippen molar-refractivity contribution >= 4 is 17.6 Å². The number of nitrogens with one attached hydrogen (secondary N) is 2. The topological polar surface area (TPSA) is 93.2 Å². The Balaban J connectivity index is 1.92. The number of esters is 1. The molecule has 4 rings (SSSR count). The molecule has 0 amide bonds. The molecule has 4 aromatic rings. The van der Waals surface area contributed by atoms with E-state index in [0.717, 1.165) is 16.7 Å². The van der Waals surface area contributed by atoms with Gasteiger partial charge in [0.1, 0.15) is 11.1 Å². The number of methoxy groups -OCH3 is 1. The van der Waals surface area contributed by atoms with Gasteiger partial charge in [-0.05, 0) is 16.7 Å². The lowest BCUT2D eigenvalue weighted by molar-refractivity contribution is -0.144. The van der Waals surface area contributed by atoms with Crippen molar-refractivity contribution < 1.29 is 9.53 Å². The predicted molar refractivity (Wildman–Crippen MR) is 134 cm³/mol. The Morgan fingerprint density at radius 3 is 1.80 bits per heavy atom. The molecule has 0 aliphatic heterocycles. The van der Waals surface area contributed by atoms with Crippen LogP contribution >= 0.6 is 11.6 Å². The highest BCUT2D eigenvalue weighted by molar-refractivity contribution is 6.30. The third kappa shape index (κ3) is 4.96. The highest BCUT2D eigenvalue weighted by Crippen LogP contribution is 2.37. The first kappa shape index (κ1) is 24.2. The molecule has 8 heteroatoms. The second-order valence-corrected chi connectivity index (χ2v) is 8.36. The smallest absolute Gasteiger partial charge is 0.328 e. The minimum atomic E-state index is -0.986. The molecule has 2 N–H and O–H groups in total. The molecule has 0 spiro atoms. The molecule has 35 heavy (non-hydrogen) atoms. The molecule has 1 heterocycles. The number of ether oxygens (including phenoxy) is 1. The maximum atomic E-state index is 13.0. The zero-order valence-electron chi connectivity index (χ0n) is 19.0. The molecule has 1 atom stereocenters. The number of benzene rings is 3. The maximum Gasteiger partial charge on any atom is 0.328 e. The van der Waals surface area contributed by atoms with E-state index in [4.69, 9.17) is 16.3 Å². The Labute approximate surface area is 207 Å². The first-order chi connectivity index (χ1) is 17.0. The molecular weight excluding hydrogens is 466 g/mol. The average Bonchev–Trinajstić information content (AvgIpc) is 2.90. The summed E-state index contributed by atoms with van der Waals surface area (Å²) in [5.41, 5.74) is 0.315. The summed E-state index contributed by atoms with van der Waals surface area (Å²) in [6.07, 6.45) is 1.22. The lowest BCUT2D eigenvalue weighted by Gasteiger charge is -2.39. The van der Waals surface area contributed by atoms with Crippen molar-refractivity contribution in [3.05, 3.63) is 140 Å². The fourth-order valence-corrected chi connectivity index (χ4v) is 4.38. The van der Waals surface area contributed by atoms with E-state index in [0.29, 0.717) is 0 Å². The number of carbonyl (C=O) groups is 1. The van der Waals surface area contributed by atoms with Crippen LogP contribution in [0, 0.1) is 0 Å². The van der Waals surface area contributed by atoms with E-state index in [-0.39, 0.29) is 11.6 Å². The van der Waals surface area contributed by atoms with E-state index in [1.165, 1.54) is 17.9 Å². The fraction of sp³-hybridized carbons (Fsp3) is 0.148. The van der Waals surface area contributed by atoms with Crippen LogP contribution in [0.25, 0.3) is 0 Å². The third-order valence-corrected chi connectivity index (χ3v) is 6.11. The summed E-state index contributed by atoms with van der Waals surface area (Å²) in [6.45, 7) is -0.129. The second kappa shape index (κ2) is 10.5. The van der Waals surface area contributed by atoms with Crippen LogP contribution < -0.4 is 16.6 Å². The van der Waals surface area contributed by atoms with E-state index >= 15 is 0 Å². The van der Waals surface area contributed by atoms with Gasteiger partial charge in [0.2, 0.25) is 0 Å². The molecule has 0 aliphatic carbocycles. The summed E-state index contributed by atoms with van der Waals surface area (Å²) in [7, 11) is 1.29. The monoisotopic (exact) mass is 489 g/mol. The van der Waals surface area contributed by atoms with Gasteiger partial charge in [0.05, 0.1) is 19.2 Å². The molecule has 0 aliphatic rings. The zero-order chi connectivity index (χ0) is 24.8. The van der Waals surface area contributed by atoms with Gasteiger partial charge in [0.15, 0.2) is 0 Å². The zero-order valence-corrected chi connectivity index (χ0v) is 19.7. The molecule has 0 unspecified atom stereocenters. The summed E-state index contributed by atoms with van der Waals surface area (Å²) >= 11 is 5.96. The Kier molecular flexibility index (Phi) is 7.29. The van der Waals surface area contributed by atoms with Crippen molar-refractivity contribution in [2.45, 2.75) is 18.1 Å². The van der Waals surface area contributed by atoms with Crippen LogP contribution in [0.2, 0.25) is 5.02 Å². The van der Waals surface area contributed by atoms with Crippen LogP contribution in [-0.4, -0.2) is 28.7 Å². The highest BCUT2D eigenvalue weighted by atomic mass is 35.5. The van der Waals surface area contributed by atoms with Gasteiger partial charge in [0, 0.05) is 6.20 Å². The minimum absolute atomic E-state index is 0.129. The normalized spacial score (nSPS) is 12.2. The van der Waals surface area contributed by atoms with E-state index in [1.807, 2.05) is 91.0 Å². The van der Waals surface area contributed by atoms with E-state index < -0.39 is 28.8 Å². The lowest BCUT2D eigenvalue weighted by Crippen LogP contribution is -2.55. The molecule has 0 radical (unpaired) electrons. The van der Waals surface area contributed by atoms with Crippen molar-refractivity contribution in [2.24, 2.45) is 0 Å². The van der Waals surface area contributed by atoms with Crippen molar-refractivity contribution in [2.75, 3.05) is 7.11 Å². The van der Waals surface area contributed by atoms with Gasteiger partial charge in [-0.1, -0.05) is 103 Å². The number of carbonyl (C=O) groups excluding carboxylic acids is 1. The highest BCUT2D eigenvalue weighted by Gasteiger charge is 2.40. The van der Waals surface area contributed by atoms with Crippen LogP contribution in [0.4, 0.5) is 0 Å². The van der Waals surface area contributed by atoms with Crippen LogP contribution in [-0.2, 0) is 21.6 Å². The van der Waals surface area contributed by atoms with Gasteiger partial charge < -0.3 is 4.74 Å². The fourth-order valence-electron chi connectivity index (χ4n) is 4.21. The van der Waals surface area contributed by atoms with Gasteiger partial charge in [-0.2, -0.15) is 0 Å². The van der Waals surface area contributed by atoms with E-state index in [9.17, 15) is 14.4 Å². The largest absolute Gasteiger partial charge is 0.468 e. The predicted octanol–water partition coefficient (Wildman–Crippen LogP) is 3.31. The summed E-state index contributed by atoms with van der Waals surface area (Å²) in [6, 6.07) is 28.2. The van der Waals surface area contributed by atoms with Crippen LogP contribution in [0.15, 0.2) is 107 Å². The standard InChI is InChI=1S/C27H24ClN3O4/c1-35-25(33)23(18-31-17-22(28)24(32)29-26(31)34)30-27(19-11-5-2-6-12-19,20-13-7-3-8-14-20)21-15-9-4-10-16-21/h2-17,23,30H,18H2,1H3,(H,29,32,34)/t23-/m0/s1. The number of hydrogen-bond acceptors (Lipinski definition) is 5. The molecule has 7 nitrogen and oxygen atoms in total. The molecule has 0 fully saturated rings. The van der Waals surface area contributed by atoms with Crippen molar-refractivity contribution in [3.63, 3.8) is 0 Å². The molecule has 3 aromatic carbocycles. The summed E-state index contributed by atoms with van der Waals surface area (Å²) in [5, 5.41) is 3.35. The Morgan fingerprint density at radius 1 is 0.914 bits per heavy atom. The number of hydrogen-bond donors (Lipinski definition) is 2. The third-order valence-electron chi connectivity index (χ3n) is 5.84. The molecule has 0 bridgehead atoms. The number of rotatable bonds is 8. The van der Waals surface area contributed by atoms with Crippen LogP contribution in [0.1, 0.15) is 16.7 Å². The lowest BCUT2D eigenvalue weighted by atomic mass is 9.76. The van der Waals surface area contributed by atoms with Gasteiger partial charge >= 0.3 is 11.7 Å². The summed E-state index contributed by atoms with van der Waals surface area (Å²) in [4.78, 5) is 39.4. The van der Waals surface area contributed by atoms with Gasteiger partial charge in [-0.25, -0.2) is 4.79 Å². The molecule has 178 valence electrons. The number of nitrogens with zero attached hydrogens (tertiary/aromatic N) is 1. The summed E-state index contributed by atoms with van der Waals surface area (Å²) in [5.74, 6) is -0.577. The number of H-pyrrole nitrogens is 1. The first-order valence-corrected chi connectivity index (χ1v) is 11.3. The van der Waals surface area contributed by atoms with Crippen LogP contribution in [0.5, 0.6) is 0 Å². The molecule has 0 saturated heterocycles. The Bertz CT molecular complexity index is 1310. The molecule has 0 saturated carbocycles. The van der Waals surface area contributed by atoms with Crippen molar-refractivity contribution in [1.29, 1.82) is 0 Å². The Morgan fingerprint density at radius 2 is 1.37 bits per heavy atom. The molecule has 1 aromatic heterocycles. The van der Waals surface area contributed by atoms with E-state index in [1.54, 1.807) is 0 Å². The number of aromatic amines is 1. The van der Waals surface area contributed by atoms with Crippen molar-refractivity contribution in [1.82, 2.24) is 14.9 Å². The first-order valence-electron chi connectivity index (χ1n) is 11.0. The van der Waals surface area contributed by atoms with Gasteiger partial charge in [0.25, 0.3) is 5.56 Å². The van der Waals surface area contributed by atoms with Gasteiger partial charge in [-0.15, -0.1) is 0 Å². The minimum Gasteiger partial charge on any atom is -0.468 e.